The van der Waals surface area contributed by atoms with E-state index in [-0.39, 0.29) is 0 Å². The molecule has 1 unspecified atom stereocenters. The quantitative estimate of drug-likeness (QED) is 0.838. The van der Waals surface area contributed by atoms with Crippen LogP contribution in [-0.2, 0) is 0 Å². The minimum Gasteiger partial charge on any atom is -0.368 e. The van der Waals surface area contributed by atoms with Crippen molar-refractivity contribution in [2.24, 2.45) is 0 Å². The van der Waals surface area contributed by atoms with Crippen molar-refractivity contribution in [2.45, 2.75) is 25.1 Å². The fourth-order valence-electron chi connectivity index (χ4n) is 4.37. The number of hydrogen-bond acceptors (Lipinski definition) is 4. The summed E-state index contributed by atoms with van der Waals surface area (Å²) < 4.78 is 13.5. The smallest absolute Gasteiger partial charge is 0.152 e. The maximum absolute atomic E-state index is 13.5. The van der Waals surface area contributed by atoms with Crippen LogP contribution in [0.2, 0.25) is 0 Å². The zero-order valence-electron chi connectivity index (χ0n) is 14.5. The van der Waals surface area contributed by atoms with E-state index in [0.717, 1.165) is 42.4 Å². The van der Waals surface area contributed by atoms with Crippen LogP contribution in [0.3, 0.4) is 0 Å². The average Bonchev–Trinajstić information content (AvgIpc) is 3.27. The highest BCUT2D eigenvalue weighted by Gasteiger charge is 2.34. The van der Waals surface area contributed by atoms with Crippen molar-refractivity contribution < 1.29 is 4.39 Å². The van der Waals surface area contributed by atoms with Gasteiger partial charge in [-0.15, -0.1) is 0 Å². The third-order valence-corrected chi connectivity index (χ3v) is 5.88. The first-order valence-corrected chi connectivity index (χ1v) is 9.17. The first kappa shape index (κ1) is 15.0. The Hall–Kier alpha value is -2.30. The Balaban J connectivity index is 1.50. The number of halogens is 1. The molecule has 0 saturated carbocycles. The lowest BCUT2D eigenvalue weighted by Gasteiger charge is -2.34. The molecule has 2 bridgehead atoms. The van der Waals surface area contributed by atoms with Gasteiger partial charge in [-0.1, -0.05) is 12.1 Å². The predicted molar refractivity (Wildman–Crippen MR) is 100 cm³/mol. The standard InChI is InChI=1S/C20H23FN4/c1-23-17-8-10-25(13-17)19-6-5-18(22-20(19)23)14-3-2-4-16(11-14)24-9-7-15(21)12-24/h2-6,11,15,17H,7-10,12-13H2,1H3/t15?,17-/m0/s1. The topological polar surface area (TPSA) is 22.6 Å². The van der Waals surface area contributed by atoms with Gasteiger partial charge in [-0.3, -0.25) is 0 Å². The molecule has 130 valence electrons. The summed E-state index contributed by atoms with van der Waals surface area (Å²) in [7, 11) is 2.16. The van der Waals surface area contributed by atoms with Gasteiger partial charge < -0.3 is 14.7 Å². The second-order valence-electron chi connectivity index (χ2n) is 7.42. The molecule has 0 amide bonds. The van der Waals surface area contributed by atoms with E-state index in [0.29, 0.717) is 19.0 Å². The Bertz CT molecular complexity index is 808. The number of anilines is 3. The summed E-state index contributed by atoms with van der Waals surface area (Å²) in [5.41, 5.74) is 4.43. The van der Waals surface area contributed by atoms with Gasteiger partial charge in [0.1, 0.15) is 6.17 Å². The van der Waals surface area contributed by atoms with Crippen molar-refractivity contribution in [3.8, 4) is 11.3 Å². The van der Waals surface area contributed by atoms with Gasteiger partial charge in [-0.05, 0) is 37.1 Å². The Morgan fingerprint density at radius 2 is 1.92 bits per heavy atom. The molecule has 2 atom stereocenters. The van der Waals surface area contributed by atoms with Crippen LogP contribution in [0.4, 0.5) is 21.6 Å². The van der Waals surface area contributed by atoms with Crippen LogP contribution in [0.1, 0.15) is 12.8 Å². The van der Waals surface area contributed by atoms with Gasteiger partial charge in [0, 0.05) is 50.5 Å². The van der Waals surface area contributed by atoms with Crippen molar-refractivity contribution in [2.75, 3.05) is 47.9 Å². The number of alkyl halides is 1. The van der Waals surface area contributed by atoms with Crippen molar-refractivity contribution in [3.05, 3.63) is 36.4 Å². The highest BCUT2D eigenvalue weighted by molar-refractivity contribution is 5.76. The number of fused-ring (bicyclic) bond motifs is 4. The zero-order valence-corrected chi connectivity index (χ0v) is 14.5. The number of nitrogens with zero attached hydrogens (tertiary/aromatic N) is 4. The monoisotopic (exact) mass is 338 g/mol. The zero-order chi connectivity index (χ0) is 17.0. The molecule has 0 N–H and O–H groups in total. The fourth-order valence-corrected chi connectivity index (χ4v) is 4.37. The maximum atomic E-state index is 13.5. The summed E-state index contributed by atoms with van der Waals surface area (Å²) in [6.07, 6.45) is 1.13. The van der Waals surface area contributed by atoms with E-state index in [9.17, 15) is 4.39 Å². The molecule has 3 aliphatic heterocycles. The number of aromatic nitrogens is 1. The molecule has 2 aromatic rings. The lowest BCUT2D eigenvalue weighted by atomic mass is 10.1. The highest BCUT2D eigenvalue weighted by Crippen LogP contribution is 2.39. The molecule has 5 heteroatoms. The number of likely N-dealkylation sites (N-methyl/N-ethyl adjacent to an activating group) is 1. The van der Waals surface area contributed by atoms with Gasteiger partial charge >= 0.3 is 0 Å². The first-order valence-electron chi connectivity index (χ1n) is 9.17. The molecule has 1 aromatic carbocycles. The lowest BCUT2D eigenvalue weighted by Crippen LogP contribution is -2.40. The van der Waals surface area contributed by atoms with Crippen LogP contribution in [0.15, 0.2) is 36.4 Å². The second kappa shape index (κ2) is 5.61. The Labute approximate surface area is 147 Å². The molecule has 0 spiro atoms. The van der Waals surface area contributed by atoms with Crippen LogP contribution in [0.5, 0.6) is 0 Å². The molecule has 0 radical (unpaired) electrons. The minimum absolute atomic E-state index is 0.500. The van der Waals surface area contributed by atoms with Crippen molar-refractivity contribution in [1.82, 2.24) is 4.98 Å². The molecule has 1 aromatic heterocycles. The van der Waals surface area contributed by atoms with Crippen molar-refractivity contribution in [3.63, 3.8) is 0 Å². The Morgan fingerprint density at radius 1 is 1.04 bits per heavy atom. The lowest BCUT2D eigenvalue weighted by molar-refractivity contribution is 0.364. The normalized spacial score (nSPS) is 24.8. The summed E-state index contributed by atoms with van der Waals surface area (Å²) in [6.45, 7) is 3.53. The molecule has 25 heavy (non-hydrogen) atoms. The maximum Gasteiger partial charge on any atom is 0.152 e. The third-order valence-electron chi connectivity index (χ3n) is 5.88. The van der Waals surface area contributed by atoms with E-state index in [2.05, 4.69) is 52.1 Å². The van der Waals surface area contributed by atoms with Crippen LogP contribution < -0.4 is 14.7 Å². The number of hydrogen-bond donors (Lipinski definition) is 0. The molecule has 5 rings (SSSR count). The molecule has 3 aliphatic rings. The second-order valence-corrected chi connectivity index (χ2v) is 7.42. The molecule has 4 nitrogen and oxygen atoms in total. The van der Waals surface area contributed by atoms with Gasteiger partial charge in [0.25, 0.3) is 0 Å². The van der Waals surface area contributed by atoms with Crippen LogP contribution in [-0.4, -0.2) is 50.4 Å². The van der Waals surface area contributed by atoms with Crippen molar-refractivity contribution in [1.29, 1.82) is 0 Å². The minimum atomic E-state index is -0.705. The van der Waals surface area contributed by atoms with E-state index in [1.807, 2.05) is 6.07 Å². The van der Waals surface area contributed by atoms with Crippen LogP contribution >= 0.6 is 0 Å². The van der Waals surface area contributed by atoms with Gasteiger partial charge in [-0.25, -0.2) is 9.37 Å². The molecule has 0 aliphatic carbocycles. The molecule has 2 fully saturated rings. The Morgan fingerprint density at radius 3 is 2.76 bits per heavy atom. The summed E-state index contributed by atoms with van der Waals surface area (Å²) in [4.78, 5) is 11.9. The van der Waals surface area contributed by atoms with Gasteiger partial charge in [-0.2, -0.15) is 0 Å². The summed E-state index contributed by atoms with van der Waals surface area (Å²) in [6, 6.07) is 13.3. The number of benzene rings is 1. The fraction of sp³-hybridized carbons (Fsp3) is 0.450. The first-order chi connectivity index (χ1) is 12.2. The molecule has 4 heterocycles. The molecular formula is C20H23FN4. The van der Waals surface area contributed by atoms with Crippen LogP contribution in [0, 0.1) is 0 Å². The predicted octanol–water partition coefficient (Wildman–Crippen LogP) is 3.33. The summed E-state index contributed by atoms with van der Waals surface area (Å²) >= 11 is 0. The largest absolute Gasteiger partial charge is 0.368 e. The van der Waals surface area contributed by atoms with E-state index in [4.69, 9.17) is 4.98 Å². The number of pyridine rings is 1. The van der Waals surface area contributed by atoms with Gasteiger partial charge in [0.2, 0.25) is 0 Å². The van der Waals surface area contributed by atoms with Crippen molar-refractivity contribution >= 4 is 17.2 Å². The SMILES string of the molecule is CN1c2nc(-c3cccc(N4CCC(F)C4)c3)ccc2N2CC[C@H]1C2. The summed E-state index contributed by atoms with van der Waals surface area (Å²) in [5, 5.41) is 0. The summed E-state index contributed by atoms with van der Waals surface area (Å²) in [5.74, 6) is 1.08. The van der Waals surface area contributed by atoms with Gasteiger partial charge in [0.05, 0.1) is 11.4 Å². The molecule has 2 saturated heterocycles. The number of rotatable bonds is 2. The highest BCUT2D eigenvalue weighted by atomic mass is 19.1. The van der Waals surface area contributed by atoms with E-state index < -0.39 is 6.17 Å². The van der Waals surface area contributed by atoms with E-state index in [1.165, 1.54) is 12.1 Å². The van der Waals surface area contributed by atoms with E-state index >= 15 is 0 Å². The molecular weight excluding hydrogens is 315 g/mol. The van der Waals surface area contributed by atoms with Crippen LogP contribution in [0.25, 0.3) is 11.3 Å². The average molecular weight is 338 g/mol. The third kappa shape index (κ3) is 2.44. The van der Waals surface area contributed by atoms with Gasteiger partial charge in [0.15, 0.2) is 5.82 Å². The Kier molecular flexibility index (Phi) is 3.37. The van der Waals surface area contributed by atoms with E-state index in [1.54, 1.807) is 0 Å².